The third kappa shape index (κ3) is 3.45. The summed E-state index contributed by atoms with van der Waals surface area (Å²) in [5, 5.41) is 3.39. The maximum absolute atomic E-state index is 3.48. The molecule has 1 N–H and O–H groups in total. The zero-order valence-corrected chi connectivity index (χ0v) is 13.1. The van der Waals surface area contributed by atoms with Gasteiger partial charge in [0.15, 0.2) is 0 Å². The van der Waals surface area contributed by atoms with Gasteiger partial charge < -0.3 is 5.32 Å². The summed E-state index contributed by atoms with van der Waals surface area (Å²) < 4.78 is 1.13. The van der Waals surface area contributed by atoms with Crippen LogP contribution in [0.2, 0.25) is 0 Å². The van der Waals surface area contributed by atoms with Crippen molar-refractivity contribution >= 4 is 27.3 Å². The second kappa shape index (κ2) is 6.18. The Morgan fingerprint density at radius 1 is 1.05 bits per heavy atom. The van der Waals surface area contributed by atoms with Crippen LogP contribution < -0.4 is 5.32 Å². The number of hydrogen-bond donors (Lipinski definition) is 1. The number of rotatable bonds is 3. The first kappa shape index (κ1) is 13.3. The van der Waals surface area contributed by atoms with Crippen molar-refractivity contribution in [2.75, 3.05) is 26.2 Å². The topological polar surface area (TPSA) is 15.3 Å². The van der Waals surface area contributed by atoms with E-state index in [9.17, 15) is 0 Å². The van der Waals surface area contributed by atoms with Crippen molar-refractivity contribution in [3.05, 3.63) is 45.7 Å². The molecule has 3 rings (SSSR count). The summed E-state index contributed by atoms with van der Waals surface area (Å²) in [6, 6.07) is 13.1. The standard InChI is InChI=1S/C15H17BrN2S/c16-13-3-1-12(2-4-13)15-6-5-14(19-15)11-18-9-7-17-8-10-18/h1-6,17H,7-11H2. The van der Waals surface area contributed by atoms with Crippen LogP contribution in [0.3, 0.4) is 0 Å². The lowest BCUT2D eigenvalue weighted by atomic mass is 10.2. The minimum absolute atomic E-state index is 1.09. The maximum atomic E-state index is 3.48. The molecule has 0 saturated carbocycles. The molecule has 2 nitrogen and oxygen atoms in total. The predicted molar refractivity (Wildman–Crippen MR) is 85.6 cm³/mol. The van der Waals surface area contributed by atoms with E-state index in [0.29, 0.717) is 0 Å². The molecule has 0 radical (unpaired) electrons. The Labute approximate surface area is 126 Å². The van der Waals surface area contributed by atoms with E-state index in [1.54, 1.807) is 0 Å². The molecule has 0 bridgehead atoms. The Balaban J connectivity index is 1.70. The molecule has 1 aliphatic rings. The highest BCUT2D eigenvalue weighted by molar-refractivity contribution is 9.10. The number of benzene rings is 1. The van der Waals surface area contributed by atoms with Gasteiger partial charge in [-0.2, -0.15) is 0 Å². The highest BCUT2D eigenvalue weighted by Crippen LogP contribution is 2.29. The average molecular weight is 337 g/mol. The van der Waals surface area contributed by atoms with Crippen molar-refractivity contribution < 1.29 is 0 Å². The van der Waals surface area contributed by atoms with Gasteiger partial charge in [0.25, 0.3) is 0 Å². The number of piperazine rings is 1. The normalized spacial score (nSPS) is 16.7. The summed E-state index contributed by atoms with van der Waals surface area (Å²) in [6.45, 7) is 5.63. The van der Waals surface area contributed by atoms with Crippen molar-refractivity contribution in [1.82, 2.24) is 10.2 Å². The molecule has 1 aromatic carbocycles. The smallest absolute Gasteiger partial charge is 0.0346 e. The summed E-state index contributed by atoms with van der Waals surface area (Å²) in [7, 11) is 0. The molecule has 0 atom stereocenters. The lowest BCUT2D eigenvalue weighted by molar-refractivity contribution is 0.235. The summed E-state index contributed by atoms with van der Waals surface area (Å²) in [5.74, 6) is 0. The lowest BCUT2D eigenvalue weighted by Gasteiger charge is -2.26. The largest absolute Gasteiger partial charge is 0.314 e. The van der Waals surface area contributed by atoms with E-state index in [1.807, 2.05) is 11.3 Å². The second-order valence-corrected chi connectivity index (χ2v) is 6.88. The van der Waals surface area contributed by atoms with Crippen LogP contribution in [-0.4, -0.2) is 31.1 Å². The fraction of sp³-hybridized carbons (Fsp3) is 0.333. The van der Waals surface area contributed by atoms with E-state index in [2.05, 4.69) is 62.5 Å². The summed E-state index contributed by atoms with van der Waals surface area (Å²) in [6.07, 6.45) is 0. The van der Waals surface area contributed by atoms with Crippen molar-refractivity contribution in [3.63, 3.8) is 0 Å². The van der Waals surface area contributed by atoms with Crippen LogP contribution in [0.5, 0.6) is 0 Å². The predicted octanol–water partition coefficient (Wildman–Crippen LogP) is 3.58. The van der Waals surface area contributed by atoms with Gasteiger partial charge in [-0.05, 0) is 29.8 Å². The van der Waals surface area contributed by atoms with Crippen molar-refractivity contribution in [2.24, 2.45) is 0 Å². The average Bonchev–Trinajstić information content (AvgIpc) is 2.89. The molecule has 100 valence electrons. The molecule has 2 aromatic rings. The zero-order chi connectivity index (χ0) is 13.1. The molecule has 0 unspecified atom stereocenters. The van der Waals surface area contributed by atoms with E-state index < -0.39 is 0 Å². The van der Waals surface area contributed by atoms with Gasteiger partial charge >= 0.3 is 0 Å². The quantitative estimate of drug-likeness (QED) is 0.921. The van der Waals surface area contributed by atoms with E-state index in [1.165, 1.54) is 15.3 Å². The Morgan fingerprint density at radius 2 is 1.79 bits per heavy atom. The van der Waals surface area contributed by atoms with Crippen molar-refractivity contribution in [3.8, 4) is 10.4 Å². The molecule has 19 heavy (non-hydrogen) atoms. The third-order valence-corrected chi connectivity index (χ3v) is 5.03. The number of hydrogen-bond acceptors (Lipinski definition) is 3. The van der Waals surface area contributed by atoms with Gasteiger partial charge in [-0.15, -0.1) is 11.3 Å². The SMILES string of the molecule is Brc1ccc(-c2ccc(CN3CCNCC3)s2)cc1. The molecule has 0 spiro atoms. The zero-order valence-electron chi connectivity index (χ0n) is 10.7. The third-order valence-electron chi connectivity index (χ3n) is 3.38. The van der Waals surface area contributed by atoms with Gasteiger partial charge in [0.2, 0.25) is 0 Å². The van der Waals surface area contributed by atoms with Gasteiger partial charge in [0.05, 0.1) is 0 Å². The highest BCUT2D eigenvalue weighted by Gasteiger charge is 2.11. The molecular weight excluding hydrogens is 320 g/mol. The Bertz CT molecular complexity index is 529. The molecule has 1 aliphatic heterocycles. The van der Waals surface area contributed by atoms with Gasteiger partial charge in [-0.3, -0.25) is 4.90 Å². The van der Waals surface area contributed by atoms with Crippen molar-refractivity contribution in [2.45, 2.75) is 6.54 Å². The molecule has 0 aliphatic carbocycles. The maximum Gasteiger partial charge on any atom is 0.0346 e. The van der Waals surface area contributed by atoms with E-state index in [0.717, 1.165) is 37.2 Å². The van der Waals surface area contributed by atoms with E-state index in [-0.39, 0.29) is 0 Å². The van der Waals surface area contributed by atoms with Gasteiger partial charge in [-0.25, -0.2) is 0 Å². The fourth-order valence-electron chi connectivity index (χ4n) is 2.32. The monoisotopic (exact) mass is 336 g/mol. The van der Waals surface area contributed by atoms with Gasteiger partial charge in [-0.1, -0.05) is 28.1 Å². The fourth-order valence-corrected chi connectivity index (χ4v) is 3.64. The minimum atomic E-state index is 1.09. The molecular formula is C15H17BrN2S. The molecule has 1 fully saturated rings. The first-order valence-electron chi connectivity index (χ1n) is 6.59. The van der Waals surface area contributed by atoms with Gasteiger partial charge in [0, 0.05) is 47.0 Å². The molecule has 2 heterocycles. The molecule has 1 aromatic heterocycles. The number of thiophene rings is 1. The van der Waals surface area contributed by atoms with Gasteiger partial charge in [0.1, 0.15) is 0 Å². The summed E-state index contributed by atoms with van der Waals surface area (Å²) >= 11 is 5.39. The van der Waals surface area contributed by atoms with E-state index >= 15 is 0 Å². The molecule has 4 heteroatoms. The van der Waals surface area contributed by atoms with Crippen LogP contribution in [0, 0.1) is 0 Å². The summed E-state index contributed by atoms with van der Waals surface area (Å²) in [5.41, 5.74) is 1.31. The number of halogens is 1. The second-order valence-electron chi connectivity index (χ2n) is 4.80. The lowest BCUT2D eigenvalue weighted by Crippen LogP contribution is -2.42. The van der Waals surface area contributed by atoms with Crippen LogP contribution in [0.15, 0.2) is 40.9 Å². The minimum Gasteiger partial charge on any atom is -0.314 e. The highest BCUT2D eigenvalue weighted by atomic mass is 79.9. The number of nitrogens with one attached hydrogen (secondary N) is 1. The number of nitrogens with zero attached hydrogens (tertiary/aromatic N) is 1. The van der Waals surface area contributed by atoms with Crippen LogP contribution in [0.25, 0.3) is 10.4 Å². The Morgan fingerprint density at radius 3 is 2.53 bits per heavy atom. The van der Waals surface area contributed by atoms with Crippen molar-refractivity contribution in [1.29, 1.82) is 0 Å². The van der Waals surface area contributed by atoms with Crippen LogP contribution in [0.1, 0.15) is 4.88 Å². The Kier molecular flexibility index (Phi) is 4.33. The van der Waals surface area contributed by atoms with Crippen LogP contribution in [-0.2, 0) is 6.54 Å². The van der Waals surface area contributed by atoms with Crippen LogP contribution in [0.4, 0.5) is 0 Å². The van der Waals surface area contributed by atoms with Crippen LogP contribution >= 0.6 is 27.3 Å². The first-order valence-corrected chi connectivity index (χ1v) is 8.20. The molecule has 1 saturated heterocycles. The van der Waals surface area contributed by atoms with E-state index in [4.69, 9.17) is 0 Å². The molecule has 0 amide bonds. The first-order chi connectivity index (χ1) is 9.31. The summed E-state index contributed by atoms with van der Waals surface area (Å²) in [4.78, 5) is 5.34. The Hall–Kier alpha value is -0.680.